The molecular weight excluding hydrogens is 261 g/mol. The molecule has 0 aromatic heterocycles. The molecule has 0 radical (unpaired) electrons. The van der Waals surface area contributed by atoms with Gasteiger partial charge in [0.05, 0.1) is 6.04 Å². The second-order valence-corrected chi connectivity index (χ2v) is 6.04. The maximum atomic E-state index is 14.2. The zero-order valence-electron chi connectivity index (χ0n) is 12.0. The lowest BCUT2D eigenvalue weighted by atomic mass is 9.76. The Morgan fingerprint density at radius 1 is 1.05 bits per heavy atom. The van der Waals surface area contributed by atoms with Gasteiger partial charge in [0.2, 0.25) is 0 Å². The molecule has 106 valence electrons. The lowest BCUT2D eigenvalue weighted by molar-refractivity contribution is 0.413. The lowest BCUT2D eigenvalue weighted by Gasteiger charge is -2.38. The van der Waals surface area contributed by atoms with E-state index in [-0.39, 0.29) is 11.9 Å². The highest BCUT2D eigenvalue weighted by Crippen LogP contribution is 2.50. The van der Waals surface area contributed by atoms with Crippen LogP contribution in [0.4, 0.5) is 10.1 Å². The zero-order valence-corrected chi connectivity index (χ0v) is 12.0. The van der Waals surface area contributed by atoms with Crippen LogP contribution in [0.1, 0.15) is 35.1 Å². The van der Waals surface area contributed by atoms with E-state index in [2.05, 4.69) is 42.6 Å². The van der Waals surface area contributed by atoms with Crippen molar-refractivity contribution in [1.82, 2.24) is 0 Å². The van der Waals surface area contributed by atoms with E-state index in [1.54, 1.807) is 12.1 Å². The van der Waals surface area contributed by atoms with E-state index in [4.69, 9.17) is 0 Å². The molecule has 21 heavy (non-hydrogen) atoms. The molecule has 1 heterocycles. The van der Waals surface area contributed by atoms with E-state index in [0.29, 0.717) is 11.8 Å². The van der Waals surface area contributed by atoms with Crippen LogP contribution >= 0.6 is 0 Å². The van der Waals surface area contributed by atoms with Crippen molar-refractivity contribution in [2.24, 2.45) is 5.92 Å². The molecule has 0 bridgehead atoms. The summed E-state index contributed by atoms with van der Waals surface area (Å²) in [4.78, 5) is 0. The summed E-state index contributed by atoms with van der Waals surface area (Å²) in [7, 11) is 0. The summed E-state index contributed by atoms with van der Waals surface area (Å²) in [5.74, 6) is 0.680. The summed E-state index contributed by atoms with van der Waals surface area (Å²) in [5, 5.41) is 3.61. The number of rotatable bonds is 1. The first-order chi connectivity index (χ1) is 10.3. The van der Waals surface area contributed by atoms with Crippen molar-refractivity contribution < 1.29 is 4.39 Å². The van der Waals surface area contributed by atoms with Crippen molar-refractivity contribution in [2.75, 3.05) is 5.32 Å². The van der Waals surface area contributed by atoms with Crippen LogP contribution in [0.15, 0.2) is 54.6 Å². The minimum Gasteiger partial charge on any atom is -0.377 e. The molecule has 2 aliphatic rings. The maximum Gasteiger partial charge on any atom is 0.128 e. The van der Waals surface area contributed by atoms with E-state index in [1.807, 2.05) is 12.1 Å². The van der Waals surface area contributed by atoms with Crippen LogP contribution in [0.25, 0.3) is 0 Å². The van der Waals surface area contributed by atoms with Gasteiger partial charge in [-0.05, 0) is 36.5 Å². The van der Waals surface area contributed by atoms with Crippen LogP contribution in [0.3, 0.4) is 0 Å². The van der Waals surface area contributed by atoms with Crippen LogP contribution in [-0.4, -0.2) is 0 Å². The minimum atomic E-state index is -0.113. The molecule has 0 amide bonds. The quantitative estimate of drug-likeness (QED) is 0.727. The maximum absolute atomic E-state index is 14.2. The van der Waals surface area contributed by atoms with Crippen LogP contribution in [-0.2, 0) is 0 Å². The number of nitrogens with one attached hydrogen (secondary N) is 1. The van der Waals surface area contributed by atoms with Crippen LogP contribution in [0.2, 0.25) is 0 Å². The summed E-state index contributed by atoms with van der Waals surface area (Å²) in [5.41, 5.74) is 4.54. The average Bonchev–Trinajstić information content (AvgIpc) is 2.97. The van der Waals surface area contributed by atoms with Crippen LogP contribution < -0.4 is 5.32 Å². The number of halogens is 1. The SMILES string of the molecule is Cc1cccc2c1N[C@H](c1ccccc1F)[C@H]1CC=C[C@@H]21. The molecule has 2 aromatic carbocycles. The van der Waals surface area contributed by atoms with Gasteiger partial charge in [0.25, 0.3) is 0 Å². The van der Waals surface area contributed by atoms with Crippen molar-refractivity contribution in [3.05, 3.63) is 77.1 Å². The third-order valence-electron chi connectivity index (χ3n) is 4.85. The Bertz CT molecular complexity index is 719. The van der Waals surface area contributed by atoms with Crippen LogP contribution in [0, 0.1) is 18.7 Å². The van der Waals surface area contributed by atoms with Crippen molar-refractivity contribution in [1.29, 1.82) is 0 Å². The molecule has 0 saturated carbocycles. The summed E-state index contributed by atoms with van der Waals surface area (Å²) >= 11 is 0. The van der Waals surface area contributed by atoms with E-state index in [9.17, 15) is 4.39 Å². The van der Waals surface area contributed by atoms with Crippen molar-refractivity contribution in [3.8, 4) is 0 Å². The highest BCUT2D eigenvalue weighted by Gasteiger charge is 2.39. The van der Waals surface area contributed by atoms with Gasteiger partial charge in [0, 0.05) is 17.2 Å². The number of para-hydroxylation sites is 1. The van der Waals surface area contributed by atoms with Crippen molar-refractivity contribution in [2.45, 2.75) is 25.3 Å². The van der Waals surface area contributed by atoms with E-state index in [1.165, 1.54) is 16.8 Å². The van der Waals surface area contributed by atoms with Gasteiger partial charge in [-0.3, -0.25) is 0 Å². The van der Waals surface area contributed by atoms with Gasteiger partial charge in [-0.1, -0.05) is 48.6 Å². The Kier molecular flexibility index (Phi) is 2.85. The molecule has 1 nitrogen and oxygen atoms in total. The number of anilines is 1. The Labute approximate surface area is 124 Å². The largest absolute Gasteiger partial charge is 0.377 e. The number of benzene rings is 2. The minimum absolute atomic E-state index is 0.0415. The van der Waals surface area contributed by atoms with Gasteiger partial charge in [0.1, 0.15) is 5.82 Å². The monoisotopic (exact) mass is 279 g/mol. The molecule has 3 atom stereocenters. The third-order valence-corrected chi connectivity index (χ3v) is 4.85. The van der Waals surface area contributed by atoms with Crippen molar-refractivity contribution in [3.63, 3.8) is 0 Å². The fraction of sp³-hybridized carbons (Fsp3) is 0.263. The average molecular weight is 279 g/mol. The predicted octanol–water partition coefficient (Wildman–Crippen LogP) is 4.96. The first-order valence-corrected chi connectivity index (χ1v) is 7.53. The molecule has 0 unspecified atom stereocenters. The van der Waals surface area contributed by atoms with E-state index < -0.39 is 0 Å². The summed E-state index contributed by atoms with van der Waals surface area (Å²) in [6.07, 6.45) is 5.53. The Hall–Kier alpha value is -2.09. The Morgan fingerprint density at radius 2 is 1.86 bits per heavy atom. The standard InChI is InChI=1S/C19H18FN/c1-12-6-4-9-14-13-8-5-10-15(13)19(21-18(12)14)16-7-2-3-11-17(16)20/h2-9,11,13,15,19,21H,10H2,1H3/t13-,15-,19-/m0/s1. The zero-order chi connectivity index (χ0) is 14.4. The normalized spacial score (nSPS) is 26.1. The summed E-state index contributed by atoms with van der Waals surface area (Å²) < 4.78 is 14.2. The number of allylic oxidation sites excluding steroid dienone is 2. The summed E-state index contributed by atoms with van der Waals surface area (Å²) in [6.45, 7) is 2.11. The first kappa shape index (κ1) is 12.6. The molecular formula is C19H18FN. The Balaban J connectivity index is 1.85. The summed E-state index contributed by atoms with van der Waals surface area (Å²) in [6, 6.07) is 13.6. The predicted molar refractivity (Wildman–Crippen MR) is 83.9 cm³/mol. The number of fused-ring (bicyclic) bond motifs is 3. The third kappa shape index (κ3) is 1.90. The highest BCUT2D eigenvalue weighted by molar-refractivity contribution is 5.63. The lowest BCUT2D eigenvalue weighted by Crippen LogP contribution is -2.30. The molecule has 4 rings (SSSR count). The second kappa shape index (κ2) is 4.73. The number of hydrogen-bond acceptors (Lipinski definition) is 1. The van der Waals surface area contributed by atoms with Gasteiger partial charge >= 0.3 is 0 Å². The van der Waals surface area contributed by atoms with Gasteiger partial charge in [-0.2, -0.15) is 0 Å². The molecule has 0 spiro atoms. The smallest absolute Gasteiger partial charge is 0.128 e. The molecule has 1 aliphatic heterocycles. The van der Waals surface area contributed by atoms with E-state index in [0.717, 1.165) is 12.0 Å². The topological polar surface area (TPSA) is 12.0 Å². The second-order valence-electron chi connectivity index (χ2n) is 6.04. The van der Waals surface area contributed by atoms with Crippen LogP contribution in [0.5, 0.6) is 0 Å². The molecule has 0 saturated heterocycles. The number of hydrogen-bond donors (Lipinski definition) is 1. The fourth-order valence-electron chi connectivity index (χ4n) is 3.81. The van der Waals surface area contributed by atoms with Gasteiger partial charge in [-0.15, -0.1) is 0 Å². The first-order valence-electron chi connectivity index (χ1n) is 7.53. The molecule has 2 heteroatoms. The van der Waals surface area contributed by atoms with Gasteiger partial charge in [-0.25, -0.2) is 4.39 Å². The highest BCUT2D eigenvalue weighted by atomic mass is 19.1. The fourth-order valence-corrected chi connectivity index (χ4v) is 3.81. The van der Waals surface area contributed by atoms with E-state index >= 15 is 0 Å². The molecule has 2 aromatic rings. The van der Waals surface area contributed by atoms with Gasteiger partial charge < -0.3 is 5.32 Å². The van der Waals surface area contributed by atoms with Gasteiger partial charge in [0.15, 0.2) is 0 Å². The molecule has 1 aliphatic carbocycles. The number of aryl methyl sites for hydroxylation is 1. The van der Waals surface area contributed by atoms with Crippen molar-refractivity contribution >= 4 is 5.69 Å². The molecule has 0 fully saturated rings. The Morgan fingerprint density at radius 3 is 2.71 bits per heavy atom. The molecule has 1 N–H and O–H groups in total.